The molecule has 1 amide bonds. The largest absolute Gasteiger partial charge is 0.467 e. The Kier molecular flexibility index (Phi) is 8.01. The molecule has 1 aromatic rings. The topological polar surface area (TPSA) is 59.1 Å². The zero-order valence-electron chi connectivity index (χ0n) is 18.1. The predicted octanol–water partition coefficient (Wildman–Crippen LogP) is 2.82. The summed E-state index contributed by atoms with van der Waals surface area (Å²) < 4.78 is 5.01. The number of likely N-dealkylation sites (N-methyl/N-ethyl adjacent to an activating group) is 1. The summed E-state index contributed by atoms with van der Waals surface area (Å²) >= 11 is 0. The van der Waals surface area contributed by atoms with Crippen molar-refractivity contribution in [3.05, 3.63) is 34.4 Å². The third-order valence-electron chi connectivity index (χ3n) is 5.89. The molecule has 0 saturated carbocycles. The lowest BCUT2D eigenvalue weighted by atomic mass is 9.90. The van der Waals surface area contributed by atoms with Crippen molar-refractivity contribution in [1.82, 2.24) is 9.96 Å². The van der Waals surface area contributed by atoms with E-state index in [9.17, 15) is 9.59 Å². The van der Waals surface area contributed by atoms with Crippen molar-refractivity contribution in [3.8, 4) is 0 Å². The summed E-state index contributed by atoms with van der Waals surface area (Å²) in [5, 5.41) is 1.93. The number of methoxy groups -OCH3 is 1. The fourth-order valence-corrected chi connectivity index (χ4v) is 4.13. The van der Waals surface area contributed by atoms with E-state index in [-0.39, 0.29) is 11.9 Å². The molecule has 1 heterocycles. The lowest BCUT2D eigenvalue weighted by Crippen LogP contribution is -2.46. The third kappa shape index (κ3) is 5.55. The molecule has 0 bridgehead atoms. The number of ether oxygens (including phenoxy) is 1. The molecule has 1 saturated heterocycles. The van der Waals surface area contributed by atoms with E-state index in [1.165, 1.54) is 12.7 Å². The number of carbonyl (C=O) groups excluding carboxylic acids is 2. The predicted molar refractivity (Wildman–Crippen MR) is 109 cm³/mol. The average molecular weight is 391 g/mol. The molecule has 1 fully saturated rings. The van der Waals surface area contributed by atoms with E-state index in [0.29, 0.717) is 18.8 Å². The summed E-state index contributed by atoms with van der Waals surface area (Å²) in [4.78, 5) is 32.3. The van der Waals surface area contributed by atoms with E-state index < -0.39 is 6.04 Å². The second kappa shape index (κ2) is 10.0. The lowest BCUT2D eigenvalue weighted by molar-refractivity contribution is -0.156. The van der Waals surface area contributed by atoms with Gasteiger partial charge in [0, 0.05) is 20.1 Å². The highest BCUT2D eigenvalue weighted by molar-refractivity contribution is 5.86. The first-order chi connectivity index (χ1) is 13.3. The number of amides is 1. The van der Waals surface area contributed by atoms with E-state index in [0.717, 1.165) is 42.6 Å². The van der Waals surface area contributed by atoms with Gasteiger partial charge in [-0.2, -0.15) is 5.06 Å². The molecule has 0 N–H and O–H groups in total. The SMILES string of the molecule is COC(=O)C(CC1CCN(OC)CC1)N(C)C(=O)Cc1c(C)cc(C)cc1C. The van der Waals surface area contributed by atoms with Crippen molar-refractivity contribution in [2.24, 2.45) is 5.92 Å². The molecule has 1 aliphatic heterocycles. The van der Waals surface area contributed by atoms with Gasteiger partial charge < -0.3 is 14.5 Å². The monoisotopic (exact) mass is 390 g/mol. The van der Waals surface area contributed by atoms with Gasteiger partial charge in [-0.1, -0.05) is 17.7 Å². The zero-order valence-corrected chi connectivity index (χ0v) is 18.1. The molecule has 0 radical (unpaired) electrons. The fourth-order valence-electron chi connectivity index (χ4n) is 4.13. The summed E-state index contributed by atoms with van der Waals surface area (Å²) in [6, 6.07) is 3.64. The van der Waals surface area contributed by atoms with Gasteiger partial charge in [0.15, 0.2) is 0 Å². The van der Waals surface area contributed by atoms with Crippen LogP contribution < -0.4 is 0 Å². The summed E-state index contributed by atoms with van der Waals surface area (Å²) in [5.41, 5.74) is 4.45. The van der Waals surface area contributed by atoms with Crippen molar-refractivity contribution in [2.75, 3.05) is 34.4 Å². The highest BCUT2D eigenvalue weighted by Gasteiger charge is 2.32. The number of carbonyl (C=O) groups is 2. The van der Waals surface area contributed by atoms with Crippen molar-refractivity contribution in [2.45, 2.75) is 52.5 Å². The number of hydrogen-bond donors (Lipinski definition) is 0. The van der Waals surface area contributed by atoms with Crippen LogP contribution in [0, 0.1) is 26.7 Å². The molecule has 1 aliphatic rings. The van der Waals surface area contributed by atoms with Crippen LogP contribution in [0.15, 0.2) is 12.1 Å². The molecule has 2 rings (SSSR count). The van der Waals surface area contributed by atoms with Gasteiger partial charge in [0.05, 0.1) is 20.6 Å². The summed E-state index contributed by atoms with van der Waals surface area (Å²) in [6.45, 7) is 7.80. The summed E-state index contributed by atoms with van der Waals surface area (Å²) in [6.07, 6.45) is 2.81. The Morgan fingerprint density at radius 1 is 1.14 bits per heavy atom. The van der Waals surface area contributed by atoms with Gasteiger partial charge in [-0.15, -0.1) is 0 Å². The fraction of sp³-hybridized carbons (Fsp3) is 0.636. The molecule has 28 heavy (non-hydrogen) atoms. The molecule has 1 atom stereocenters. The molecule has 0 aromatic heterocycles. The normalized spacial score (nSPS) is 16.6. The zero-order chi connectivity index (χ0) is 20.8. The number of hydrogen-bond acceptors (Lipinski definition) is 5. The van der Waals surface area contributed by atoms with Gasteiger partial charge in [-0.05, 0) is 62.6 Å². The van der Waals surface area contributed by atoms with Gasteiger partial charge in [-0.25, -0.2) is 4.79 Å². The summed E-state index contributed by atoms with van der Waals surface area (Å²) in [5.74, 6) is -0.0317. The van der Waals surface area contributed by atoms with E-state index in [2.05, 4.69) is 19.1 Å². The molecule has 0 aliphatic carbocycles. The van der Waals surface area contributed by atoms with Crippen LogP contribution >= 0.6 is 0 Å². The Hall–Kier alpha value is -1.92. The van der Waals surface area contributed by atoms with Gasteiger partial charge in [0.25, 0.3) is 0 Å². The standard InChI is InChI=1S/C22H34N2O4/c1-15-11-16(2)19(17(3)12-15)14-21(25)23(4)20(22(26)27-5)13-18-7-9-24(28-6)10-8-18/h11-12,18,20H,7-10,13-14H2,1-6H3. The van der Waals surface area contributed by atoms with E-state index >= 15 is 0 Å². The molecule has 6 heteroatoms. The average Bonchev–Trinajstić information content (AvgIpc) is 2.68. The van der Waals surface area contributed by atoms with Crippen LogP contribution in [-0.2, 0) is 25.6 Å². The maximum atomic E-state index is 13.0. The van der Waals surface area contributed by atoms with Crippen molar-refractivity contribution >= 4 is 11.9 Å². The Morgan fingerprint density at radius 2 is 1.71 bits per heavy atom. The van der Waals surface area contributed by atoms with E-state index in [1.54, 1.807) is 19.1 Å². The van der Waals surface area contributed by atoms with Crippen molar-refractivity contribution in [1.29, 1.82) is 0 Å². The van der Waals surface area contributed by atoms with E-state index in [4.69, 9.17) is 9.57 Å². The third-order valence-corrected chi connectivity index (χ3v) is 5.89. The van der Waals surface area contributed by atoms with Gasteiger partial charge in [0.2, 0.25) is 5.91 Å². The van der Waals surface area contributed by atoms with Crippen LogP contribution in [0.3, 0.4) is 0 Å². The number of hydroxylamine groups is 2. The highest BCUT2D eigenvalue weighted by Crippen LogP contribution is 2.25. The first-order valence-corrected chi connectivity index (χ1v) is 9.96. The Bertz CT molecular complexity index is 673. The Labute approximate surface area is 168 Å². The number of esters is 1. The molecule has 6 nitrogen and oxygen atoms in total. The van der Waals surface area contributed by atoms with Crippen molar-refractivity contribution < 1.29 is 19.2 Å². The first-order valence-electron chi connectivity index (χ1n) is 9.96. The number of aryl methyl sites for hydroxylation is 3. The van der Waals surface area contributed by atoms with E-state index in [1.807, 2.05) is 18.9 Å². The molecular weight excluding hydrogens is 356 g/mol. The maximum Gasteiger partial charge on any atom is 0.328 e. The minimum atomic E-state index is -0.553. The minimum absolute atomic E-state index is 0.0558. The van der Waals surface area contributed by atoms with Crippen LogP contribution in [0.1, 0.15) is 41.5 Å². The molecule has 1 aromatic carbocycles. The molecular formula is C22H34N2O4. The molecule has 156 valence electrons. The smallest absolute Gasteiger partial charge is 0.328 e. The quantitative estimate of drug-likeness (QED) is 0.670. The molecule has 0 spiro atoms. The van der Waals surface area contributed by atoms with Crippen LogP contribution in [0.25, 0.3) is 0 Å². The van der Waals surface area contributed by atoms with Gasteiger partial charge >= 0.3 is 5.97 Å². The van der Waals surface area contributed by atoms with Crippen LogP contribution in [-0.4, -0.2) is 62.2 Å². The van der Waals surface area contributed by atoms with Gasteiger partial charge in [0.1, 0.15) is 6.04 Å². The highest BCUT2D eigenvalue weighted by atomic mass is 16.7. The number of nitrogens with zero attached hydrogens (tertiary/aromatic N) is 2. The summed E-state index contributed by atoms with van der Waals surface area (Å²) in [7, 11) is 4.78. The van der Waals surface area contributed by atoms with Crippen LogP contribution in [0.5, 0.6) is 0 Å². The van der Waals surface area contributed by atoms with Crippen molar-refractivity contribution in [3.63, 3.8) is 0 Å². The second-order valence-corrected chi connectivity index (χ2v) is 7.89. The number of benzene rings is 1. The first kappa shape index (κ1) is 22.4. The second-order valence-electron chi connectivity index (χ2n) is 7.89. The Balaban J connectivity index is 2.09. The number of rotatable bonds is 7. The Morgan fingerprint density at radius 3 is 2.21 bits per heavy atom. The molecule has 1 unspecified atom stereocenters. The lowest BCUT2D eigenvalue weighted by Gasteiger charge is -2.34. The van der Waals surface area contributed by atoms with Crippen LogP contribution in [0.4, 0.5) is 0 Å². The minimum Gasteiger partial charge on any atom is -0.467 e. The van der Waals surface area contributed by atoms with Crippen LogP contribution in [0.2, 0.25) is 0 Å². The number of piperidine rings is 1. The maximum absolute atomic E-state index is 13.0. The van der Waals surface area contributed by atoms with Gasteiger partial charge in [-0.3, -0.25) is 4.79 Å².